The third-order valence-electron chi connectivity index (χ3n) is 3.69. The standard InChI is InChI=1S/C18H21N5O2S/c1-4-25-13-5-6-14-16(11-13)26-18(21-14)23(10-9-22(2)3)17(24)15-12-19-7-8-20-15/h5-8,11-12H,4,9-10H2,1-3H3. The zero-order valence-corrected chi connectivity index (χ0v) is 15.9. The topological polar surface area (TPSA) is 71.5 Å². The first-order valence-corrected chi connectivity index (χ1v) is 9.16. The van der Waals surface area contributed by atoms with Crippen LogP contribution in [-0.2, 0) is 0 Å². The van der Waals surface area contributed by atoms with E-state index in [0.29, 0.717) is 30.5 Å². The average molecular weight is 371 g/mol. The number of thiazole rings is 1. The van der Waals surface area contributed by atoms with E-state index in [4.69, 9.17) is 4.74 Å². The monoisotopic (exact) mass is 371 g/mol. The van der Waals surface area contributed by atoms with Gasteiger partial charge in [-0.05, 0) is 39.2 Å². The van der Waals surface area contributed by atoms with Gasteiger partial charge in [0.05, 0.1) is 23.0 Å². The molecule has 3 aromatic rings. The van der Waals surface area contributed by atoms with Crippen LogP contribution in [-0.4, -0.2) is 59.6 Å². The van der Waals surface area contributed by atoms with Gasteiger partial charge in [0.1, 0.15) is 11.4 Å². The SMILES string of the molecule is CCOc1ccc2nc(N(CCN(C)C)C(=O)c3cnccn3)sc2c1. The molecule has 1 amide bonds. The van der Waals surface area contributed by atoms with Gasteiger partial charge in [-0.2, -0.15) is 0 Å². The molecule has 0 aliphatic heterocycles. The fraction of sp³-hybridized carbons (Fsp3) is 0.333. The van der Waals surface area contributed by atoms with E-state index in [-0.39, 0.29) is 5.91 Å². The van der Waals surface area contributed by atoms with Crippen molar-refractivity contribution in [2.45, 2.75) is 6.92 Å². The molecule has 2 aromatic heterocycles. The van der Waals surface area contributed by atoms with E-state index < -0.39 is 0 Å². The lowest BCUT2D eigenvalue weighted by Crippen LogP contribution is -2.37. The molecule has 0 saturated carbocycles. The highest BCUT2D eigenvalue weighted by molar-refractivity contribution is 7.22. The van der Waals surface area contributed by atoms with Crippen molar-refractivity contribution < 1.29 is 9.53 Å². The molecule has 0 N–H and O–H groups in total. The highest BCUT2D eigenvalue weighted by Gasteiger charge is 2.22. The quantitative estimate of drug-likeness (QED) is 0.636. The molecule has 0 radical (unpaired) electrons. The molecule has 0 bridgehead atoms. The van der Waals surface area contributed by atoms with E-state index in [1.165, 1.54) is 23.7 Å². The summed E-state index contributed by atoms with van der Waals surface area (Å²) in [5.41, 5.74) is 1.15. The summed E-state index contributed by atoms with van der Waals surface area (Å²) in [5.74, 6) is 0.597. The summed E-state index contributed by atoms with van der Waals surface area (Å²) in [7, 11) is 3.94. The van der Waals surface area contributed by atoms with Crippen LogP contribution in [0.4, 0.5) is 5.13 Å². The van der Waals surface area contributed by atoms with Gasteiger partial charge in [0.15, 0.2) is 5.13 Å². The lowest BCUT2D eigenvalue weighted by molar-refractivity contribution is 0.0980. The van der Waals surface area contributed by atoms with Crippen molar-refractivity contribution in [1.82, 2.24) is 19.9 Å². The number of ether oxygens (including phenoxy) is 1. The number of nitrogens with zero attached hydrogens (tertiary/aromatic N) is 5. The van der Waals surface area contributed by atoms with Gasteiger partial charge in [-0.3, -0.25) is 14.7 Å². The van der Waals surface area contributed by atoms with Gasteiger partial charge < -0.3 is 9.64 Å². The Balaban J connectivity index is 1.95. The summed E-state index contributed by atoms with van der Waals surface area (Å²) < 4.78 is 6.53. The number of fused-ring (bicyclic) bond motifs is 1. The summed E-state index contributed by atoms with van der Waals surface area (Å²) in [4.78, 5) is 29.4. The van der Waals surface area contributed by atoms with Gasteiger partial charge in [0.2, 0.25) is 0 Å². The summed E-state index contributed by atoms with van der Waals surface area (Å²) in [6, 6.07) is 5.76. The second-order valence-electron chi connectivity index (χ2n) is 5.91. The molecule has 2 heterocycles. The van der Waals surface area contributed by atoms with E-state index in [1.54, 1.807) is 11.1 Å². The van der Waals surface area contributed by atoms with E-state index in [1.807, 2.05) is 44.1 Å². The number of benzene rings is 1. The average Bonchev–Trinajstić information content (AvgIpc) is 3.05. The lowest BCUT2D eigenvalue weighted by Gasteiger charge is -2.21. The number of rotatable bonds is 7. The number of carbonyl (C=O) groups is 1. The van der Waals surface area contributed by atoms with Crippen LogP contribution in [0.3, 0.4) is 0 Å². The molecule has 0 saturated heterocycles. The van der Waals surface area contributed by atoms with Crippen LogP contribution in [0.15, 0.2) is 36.8 Å². The fourth-order valence-corrected chi connectivity index (χ4v) is 3.41. The van der Waals surface area contributed by atoms with Crippen LogP contribution < -0.4 is 9.64 Å². The van der Waals surface area contributed by atoms with Crippen LogP contribution >= 0.6 is 11.3 Å². The molecule has 0 aliphatic carbocycles. The summed E-state index contributed by atoms with van der Waals surface area (Å²) in [6.45, 7) is 3.79. The number of anilines is 1. The van der Waals surface area contributed by atoms with Crippen molar-refractivity contribution in [3.05, 3.63) is 42.5 Å². The smallest absolute Gasteiger partial charge is 0.280 e. The van der Waals surface area contributed by atoms with Gasteiger partial charge in [-0.15, -0.1) is 0 Å². The Morgan fingerprint density at radius 3 is 2.77 bits per heavy atom. The maximum atomic E-state index is 13.0. The van der Waals surface area contributed by atoms with Gasteiger partial charge in [0.25, 0.3) is 5.91 Å². The molecule has 0 atom stereocenters. The molecule has 7 nitrogen and oxygen atoms in total. The van der Waals surface area contributed by atoms with Gasteiger partial charge in [-0.25, -0.2) is 9.97 Å². The maximum Gasteiger partial charge on any atom is 0.280 e. The Bertz CT molecular complexity index is 882. The Morgan fingerprint density at radius 1 is 1.23 bits per heavy atom. The summed E-state index contributed by atoms with van der Waals surface area (Å²) >= 11 is 1.47. The van der Waals surface area contributed by atoms with Crippen molar-refractivity contribution in [1.29, 1.82) is 0 Å². The number of carbonyl (C=O) groups excluding carboxylic acids is 1. The van der Waals surface area contributed by atoms with Gasteiger partial charge in [0, 0.05) is 25.5 Å². The Morgan fingerprint density at radius 2 is 2.08 bits per heavy atom. The summed E-state index contributed by atoms with van der Waals surface area (Å²) in [5, 5.41) is 0.645. The van der Waals surface area contributed by atoms with Crippen molar-refractivity contribution in [3.8, 4) is 5.75 Å². The van der Waals surface area contributed by atoms with Gasteiger partial charge in [-0.1, -0.05) is 11.3 Å². The zero-order chi connectivity index (χ0) is 18.5. The second-order valence-corrected chi connectivity index (χ2v) is 6.92. The van der Waals surface area contributed by atoms with Crippen LogP contribution in [0.5, 0.6) is 5.75 Å². The molecule has 136 valence electrons. The number of likely N-dealkylation sites (N-methyl/N-ethyl adjacent to an activating group) is 1. The number of aromatic nitrogens is 3. The van der Waals surface area contributed by atoms with Gasteiger partial charge >= 0.3 is 0 Å². The molecule has 0 aliphatic rings. The Labute approximate surface area is 156 Å². The minimum absolute atomic E-state index is 0.205. The first-order valence-electron chi connectivity index (χ1n) is 8.34. The van der Waals surface area contributed by atoms with Crippen LogP contribution in [0, 0.1) is 0 Å². The predicted molar refractivity (Wildman–Crippen MR) is 103 cm³/mol. The van der Waals surface area contributed by atoms with E-state index in [9.17, 15) is 4.79 Å². The van der Waals surface area contributed by atoms with E-state index >= 15 is 0 Å². The largest absolute Gasteiger partial charge is 0.494 e. The predicted octanol–water partition coefficient (Wildman–Crippen LogP) is 2.69. The Hall–Kier alpha value is -2.58. The van der Waals surface area contributed by atoms with Crippen LogP contribution in [0.25, 0.3) is 10.2 Å². The normalized spacial score (nSPS) is 11.1. The zero-order valence-electron chi connectivity index (χ0n) is 15.0. The third kappa shape index (κ3) is 4.14. The minimum Gasteiger partial charge on any atom is -0.494 e. The first kappa shape index (κ1) is 18.2. The van der Waals surface area contributed by atoms with Crippen LogP contribution in [0.1, 0.15) is 17.4 Å². The van der Waals surface area contributed by atoms with Crippen molar-refractivity contribution in [2.75, 3.05) is 38.7 Å². The molecule has 0 spiro atoms. The lowest BCUT2D eigenvalue weighted by atomic mass is 10.3. The number of hydrogen-bond donors (Lipinski definition) is 0. The highest BCUT2D eigenvalue weighted by atomic mass is 32.1. The van der Waals surface area contributed by atoms with Crippen molar-refractivity contribution in [3.63, 3.8) is 0 Å². The molecule has 3 rings (SSSR count). The van der Waals surface area contributed by atoms with Crippen molar-refractivity contribution in [2.24, 2.45) is 0 Å². The minimum atomic E-state index is -0.205. The molecule has 0 fully saturated rings. The molecule has 26 heavy (non-hydrogen) atoms. The van der Waals surface area contributed by atoms with E-state index in [0.717, 1.165) is 16.0 Å². The van der Waals surface area contributed by atoms with E-state index in [2.05, 4.69) is 15.0 Å². The second kappa shape index (κ2) is 8.20. The van der Waals surface area contributed by atoms with Crippen LogP contribution in [0.2, 0.25) is 0 Å². The fourth-order valence-electron chi connectivity index (χ4n) is 2.40. The highest BCUT2D eigenvalue weighted by Crippen LogP contribution is 2.32. The molecular weight excluding hydrogens is 350 g/mol. The molecule has 0 unspecified atom stereocenters. The molecule has 8 heteroatoms. The number of amides is 1. The van der Waals surface area contributed by atoms with Crippen molar-refractivity contribution >= 4 is 32.6 Å². The number of hydrogen-bond acceptors (Lipinski definition) is 7. The summed E-state index contributed by atoms with van der Waals surface area (Å²) in [6.07, 6.45) is 4.55. The first-order chi connectivity index (χ1) is 12.6. The molecular formula is C18H21N5O2S. The maximum absolute atomic E-state index is 13.0. The third-order valence-corrected chi connectivity index (χ3v) is 4.73. The Kier molecular flexibility index (Phi) is 5.75. The molecule has 1 aromatic carbocycles.